The van der Waals surface area contributed by atoms with E-state index in [1.165, 1.54) is 25.7 Å². The van der Waals surface area contributed by atoms with Crippen molar-refractivity contribution >= 4 is 21.6 Å². The van der Waals surface area contributed by atoms with E-state index in [1.54, 1.807) is 0 Å². The summed E-state index contributed by atoms with van der Waals surface area (Å²) in [5.41, 5.74) is 1.10. The average Bonchev–Trinajstić information content (AvgIpc) is 2.22. The Morgan fingerprint density at radius 2 is 2.20 bits per heavy atom. The number of nitrogens with one attached hydrogen (secondary N) is 1. The van der Waals surface area contributed by atoms with Crippen LogP contribution in [-0.2, 0) is 0 Å². The number of halogens is 1. The van der Waals surface area contributed by atoms with Gasteiger partial charge in [-0.2, -0.15) is 0 Å². The number of rotatable bonds is 6. The molecule has 0 spiro atoms. The second-order valence-corrected chi connectivity index (χ2v) is 4.72. The zero-order valence-corrected chi connectivity index (χ0v) is 11.0. The van der Waals surface area contributed by atoms with Gasteiger partial charge in [0.05, 0.1) is 11.9 Å². The van der Waals surface area contributed by atoms with Gasteiger partial charge in [0, 0.05) is 6.04 Å². The first-order valence-corrected chi connectivity index (χ1v) is 6.39. The van der Waals surface area contributed by atoms with Crippen molar-refractivity contribution in [3.05, 3.63) is 22.9 Å². The van der Waals surface area contributed by atoms with E-state index >= 15 is 0 Å². The van der Waals surface area contributed by atoms with Crippen LogP contribution in [0.3, 0.4) is 0 Å². The van der Waals surface area contributed by atoms with E-state index in [4.69, 9.17) is 0 Å². The van der Waals surface area contributed by atoms with Gasteiger partial charge in [0.15, 0.2) is 0 Å². The number of aromatic nitrogens is 1. The second kappa shape index (κ2) is 6.83. The van der Waals surface area contributed by atoms with Crippen molar-refractivity contribution in [2.75, 3.05) is 5.32 Å². The molecule has 0 saturated carbocycles. The van der Waals surface area contributed by atoms with Crippen molar-refractivity contribution in [3.63, 3.8) is 0 Å². The number of unbranched alkanes of at least 4 members (excludes halogenated alkanes) is 2. The highest BCUT2D eigenvalue weighted by Gasteiger charge is 2.01. The van der Waals surface area contributed by atoms with Gasteiger partial charge in [0.1, 0.15) is 4.60 Å². The summed E-state index contributed by atoms with van der Waals surface area (Å²) in [4.78, 5) is 4.18. The number of hydrogen-bond donors (Lipinski definition) is 1. The van der Waals surface area contributed by atoms with Crippen LogP contribution < -0.4 is 5.32 Å². The Morgan fingerprint density at radius 1 is 1.40 bits per heavy atom. The van der Waals surface area contributed by atoms with Crippen LogP contribution in [0, 0.1) is 0 Å². The maximum Gasteiger partial charge on any atom is 0.106 e. The fourth-order valence-corrected chi connectivity index (χ4v) is 1.75. The number of hydrogen-bond acceptors (Lipinski definition) is 2. The molecule has 1 N–H and O–H groups in total. The van der Waals surface area contributed by atoms with E-state index < -0.39 is 0 Å². The molecule has 15 heavy (non-hydrogen) atoms. The van der Waals surface area contributed by atoms with Crippen molar-refractivity contribution in [1.82, 2.24) is 4.98 Å². The molecule has 0 radical (unpaired) electrons. The predicted octanol–water partition coefficient (Wildman–Crippen LogP) is 4.22. The third-order valence-corrected chi connectivity index (χ3v) is 2.85. The van der Waals surface area contributed by atoms with Crippen LogP contribution in [0.5, 0.6) is 0 Å². The fourth-order valence-electron chi connectivity index (χ4n) is 1.52. The van der Waals surface area contributed by atoms with E-state index in [2.05, 4.69) is 40.1 Å². The minimum atomic E-state index is 0.527. The third-order valence-electron chi connectivity index (χ3n) is 2.38. The molecule has 0 fully saturated rings. The largest absolute Gasteiger partial charge is 0.381 e. The van der Waals surface area contributed by atoms with E-state index in [9.17, 15) is 0 Å². The van der Waals surface area contributed by atoms with Gasteiger partial charge in [-0.05, 0) is 41.4 Å². The van der Waals surface area contributed by atoms with Crippen molar-refractivity contribution in [3.8, 4) is 0 Å². The van der Waals surface area contributed by atoms with Crippen LogP contribution in [0.4, 0.5) is 5.69 Å². The lowest BCUT2D eigenvalue weighted by Crippen LogP contribution is -2.14. The molecule has 0 aromatic carbocycles. The van der Waals surface area contributed by atoms with E-state index in [1.807, 2.05) is 18.3 Å². The topological polar surface area (TPSA) is 24.9 Å². The molecular weight excluding hydrogens is 252 g/mol. The Bertz CT molecular complexity index is 271. The third kappa shape index (κ3) is 5.17. The van der Waals surface area contributed by atoms with Crippen molar-refractivity contribution < 1.29 is 0 Å². The van der Waals surface area contributed by atoms with Gasteiger partial charge < -0.3 is 5.32 Å². The molecule has 1 unspecified atom stereocenters. The van der Waals surface area contributed by atoms with Gasteiger partial charge in [0.25, 0.3) is 0 Å². The van der Waals surface area contributed by atoms with Crippen LogP contribution in [0.2, 0.25) is 0 Å². The monoisotopic (exact) mass is 270 g/mol. The van der Waals surface area contributed by atoms with Crippen molar-refractivity contribution in [2.24, 2.45) is 0 Å². The molecule has 1 rings (SSSR count). The molecule has 3 heteroatoms. The normalized spacial score (nSPS) is 12.5. The summed E-state index contributed by atoms with van der Waals surface area (Å²) >= 11 is 3.32. The number of pyridine rings is 1. The van der Waals surface area contributed by atoms with Crippen LogP contribution in [0.1, 0.15) is 39.5 Å². The molecule has 0 saturated heterocycles. The summed E-state index contributed by atoms with van der Waals surface area (Å²) in [5.74, 6) is 0. The molecule has 0 aliphatic rings. The summed E-state index contributed by atoms with van der Waals surface area (Å²) in [5, 5.41) is 3.44. The molecule has 0 aliphatic carbocycles. The maximum absolute atomic E-state index is 4.18. The molecule has 84 valence electrons. The lowest BCUT2D eigenvalue weighted by Gasteiger charge is -2.14. The molecule has 0 bridgehead atoms. The average molecular weight is 271 g/mol. The molecule has 2 nitrogen and oxygen atoms in total. The first-order chi connectivity index (χ1) is 7.22. The number of anilines is 1. The van der Waals surface area contributed by atoms with Crippen LogP contribution >= 0.6 is 15.9 Å². The van der Waals surface area contributed by atoms with E-state index in [0.29, 0.717) is 6.04 Å². The zero-order chi connectivity index (χ0) is 11.1. The van der Waals surface area contributed by atoms with E-state index in [-0.39, 0.29) is 0 Å². The summed E-state index contributed by atoms with van der Waals surface area (Å²) in [6.07, 6.45) is 7.00. The quantitative estimate of drug-likeness (QED) is 0.618. The summed E-state index contributed by atoms with van der Waals surface area (Å²) in [6, 6.07) is 4.54. The van der Waals surface area contributed by atoms with Gasteiger partial charge in [-0.15, -0.1) is 0 Å². The molecular formula is C12H19BrN2. The van der Waals surface area contributed by atoms with Gasteiger partial charge in [-0.3, -0.25) is 0 Å². The second-order valence-electron chi connectivity index (χ2n) is 3.91. The van der Waals surface area contributed by atoms with Gasteiger partial charge in [0.2, 0.25) is 0 Å². The van der Waals surface area contributed by atoms with Crippen LogP contribution in [0.25, 0.3) is 0 Å². The Hall–Kier alpha value is -0.570. The molecule has 1 aromatic rings. The minimum absolute atomic E-state index is 0.527. The predicted molar refractivity (Wildman–Crippen MR) is 69.2 cm³/mol. The van der Waals surface area contributed by atoms with Crippen molar-refractivity contribution in [2.45, 2.75) is 45.6 Å². The van der Waals surface area contributed by atoms with Gasteiger partial charge in [-0.25, -0.2) is 4.98 Å². The highest BCUT2D eigenvalue weighted by molar-refractivity contribution is 9.10. The standard InChI is InChI=1S/C12H19BrN2/c1-3-4-5-6-10(2)15-11-7-8-12(13)14-9-11/h7-10,15H,3-6H2,1-2H3. The van der Waals surface area contributed by atoms with E-state index in [0.717, 1.165) is 10.3 Å². The lowest BCUT2D eigenvalue weighted by atomic mass is 10.1. The van der Waals surface area contributed by atoms with Crippen LogP contribution in [-0.4, -0.2) is 11.0 Å². The first-order valence-electron chi connectivity index (χ1n) is 5.60. The minimum Gasteiger partial charge on any atom is -0.381 e. The van der Waals surface area contributed by atoms with Crippen LogP contribution in [0.15, 0.2) is 22.9 Å². The van der Waals surface area contributed by atoms with Gasteiger partial charge in [-0.1, -0.05) is 26.2 Å². The smallest absolute Gasteiger partial charge is 0.106 e. The SMILES string of the molecule is CCCCCC(C)Nc1ccc(Br)nc1. The lowest BCUT2D eigenvalue weighted by molar-refractivity contribution is 0.615. The summed E-state index contributed by atoms with van der Waals surface area (Å²) in [7, 11) is 0. The highest BCUT2D eigenvalue weighted by Crippen LogP contribution is 2.13. The zero-order valence-electron chi connectivity index (χ0n) is 9.46. The maximum atomic E-state index is 4.18. The fraction of sp³-hybridized carbons (Fsp3) is 0.583. The summed E-state index contributed by atoms with van der Waals surface area (Å²) in [6.45, 7) is 4.45. The molecule has 1 aromatic heterocycles. The Morgan fingerprint density at radius 3 is 2.80 bits per heavy atom. The Labute approximate surface area is 101 Å². The molecule has 0 aliphatic heterocycles. The first kappa shape index (κ1) is 12.5. The highest BCUT2D eigenvalue weighted by atomic mass is 79.9. The molecule has 0 amide bonds. The Kier molecular flexibility index (Phi) is 5.69. The van der Waals surface area contributed by atoms with Crippen molar-refractivity contribution in [1.29, 1.82) is 0 Å². The summed E-state index contributed by atoms with van der Waals surface area (Å²) < 4.78 is 0.881. The molecule has 1 atom stereocenters. The molecule has 1 heterocycles. The van der Waals surface area contributed by atoms with Gasteiger partial charge >= 0.3 is 0 Å². The number of nitrogens with zero attached hydrogens (tertiary/aromatic N) is 1. The Balaban J connectivity index is 2.31.